The van der Waals surface area contributed by atoms with Crippen LogP contribution in [-0.2, 0) is 16.1 Å². The van der Waals surface area contributed by atoms with Gasteiger partial charge in [0.15, 0.2) is 0 Å². The Labute approximate surface area is 169 Å². The highest BCUT2D eigenvalue weighted by Gasteiger charge is 2.29. The Morgan fingerprint density at radius 3 is 2.52 bits per heavy atom. The van der Waals surface area contributed by atoms with Gasteiger partial charge in [-0.2, -0.15) is 0 Å². The van der Waals surface area contributed by atoms with Crippen LogP contribution in [0.1, 0.15) is 37.7 Å². The van der Waals surface area contributed by atoms with Crippen molar-refractivity contribution >= 4 is 11.9 Å². The van der Waals surface area contributed by atoms with Crippen molar-refractivity contribution in [3.05, 3.63) is 47.8 Å². The lowest BCUT2D eigenvalue weighted by Crippen LogP contribution is -2.53. The van der Waals surface area contributed by atoms with Gasteiger partial charge in [0.2, 0.25) is 5.91 Å². The smallest absolute Gasteiger partial charge is 0.315 e. The average molecular weight is 405 g/mol. The first kappa shape index (κ1) is 21.3. The van der Waals surface area contributed by atoms with E-state index in [0.717, 1.165) is 31.2 Å². The van der Waals surface area contributed by atoms with Crippen LogP contribution < -0.4 is 16.0 Å². The molecule has 3 rings (SSSR count). The molecule has 158 valence electrons. The molecule has 0 radical (unpaired) electrons. The number of benzene rings is 1. The quantitative estimate of drug-likeness (QED) is 0.520. The van der Waals surface area contributed by atoms with Crippen molar-refractivity contribution in [3.8, 4) is 0 Å². The molecule has 1 heterocycles. The lowest BCUT2D eigenvalue weighted by Gasteiger charge is -2.32. The molecule has 0 unspecified atom stereocenters. The summed E-state index contributed by atoms with van der Waals surface area (Å²) in [5.74, 6) is -0.540. The van der Waals surface area contributed by atoms with Crippen molar-refractivity contribution in [2.45, 2.75) is 62.9 Å². The molecule has 1 aromatic rings. The van der Waals surface area contributed by atoms with Crippen LogP contribution in [0.4, 0.5) is 9.18 Å². The molecule has 0 bridgehead atoms. The number of hydrogen-bond donors (Lipinski definition) is 4. The standard InChI is InChI=1S/C21H28FN3O4/c22-15-7-5-14(6-8-15)12-23-20(27)11-17-9-10-18(19(13-26)29-17)25-21(28)24-16-3-1-2-4-16/h5-10,16-19,26H,1-4,11-13H2,(H,23,27)(H2,24,25,28)/t17-,18+,19-/m0/s1. The van der Waals surface area contributed by atoms with Crippen molar-refractivity contribution in [1.82, 2.24) is 16.0 Å². The molecule has 1 fully saturated rings. The molecule has 2 aliphatic rings. The fourth-order valence-corrected chi connectivity index (χ4v) is 3.64. The Morgan fingerprint density at radius 2 is 1.83 bits per heavy atom. The van der Waals surface area contributed by atoms with Gasteiger partial charge in [0.25, 0.3) is 0 Å². The lowest BCUT2D eigenvalue weighted by atomic mass is 10.0. The topological polar surface area (TPSA) is 99.7 Å². The summed E-state index contributed by atoms with van der Waals surface area (Å²) >= 11 is 0. The van der Waals surface area contributed by atoms with E-state index in [1.54, 1.807) is 24.3 Å². The number of aliphatic hydroxyl groups excluding tert-OH is 1. The molecule has 4 N–H and O–H groups in total. The summed E-state index contributed by atoms with van der Waals surface area (Å²) in [6, 6.07) is 5.38. The summed E-state index contributed by atoms with van der Waals surface area (Å²) in [5, 5.41) is 18.1. The fraction of sp³-hybridized carbons (Fsp3) is 0.524. The Morgan fingerprint density at radius 1 is 1.10 bits per heavy atom. The minimum absolute atomic E-state index is 0.0924. The zero-order chi connectivity index (χ0) is 20.6. The van der Waals surface area contributed by atoms with Crippen molar-refractivity contribution in [2.24, 2.45) is 0 Å². The van der Waals surface area contributed by atoms with Crippen LogP contribution in [0, 0.1) is 5.82 Å². The predicted molar refractivity (Wildman–Crippen MR) is 105 cm³/mol. The molecular weight excluding hydrogens is 377 g/mol. The normalized spacial score (nSPS) is 24.3. The monoisotopic (exact) mass is 405 g/mol. The summed E-state index contributed by atoms with van der Waals surface area (Å²) in [6.07, 6.45) is 6.70. The van der Waals surface area contributed by atoms with Gasteiger partial charge in [-0.1, -0.05) is 37.1 Å². The molecule has 1 aliphatic heterocycles. The molecule has 3 atom stereocenters. The van der Waals surface area contributed by atoms with Gasteiger partial charge in [-0.3, -0.25) is 4.79 Å². The van der Waals surface area contributed by atoms with Crippen LogP contribution in [-0.4, -0.2) is 47.9 Å². The molecule has 1 saturated carbocycles. The van der Waals surface area contributed by atoms with E-state index < -0.39 is 18.2 Å². The minimum Gasteiger partial charge on any atom is -0.394 e. The molecule has 0 spiro atoms. The van der Waals surface area contributed by atoms with Gasteiger partial charge < -0.3 is 25.8 Å². The third kappa shape index (κ3) is 6.54. The Hall–Kier alpha value is -2.45. The number of halogens is 1. The lowest BCUT2D eigenvalue weighted by molar-refractivity contribution is -0.125. The van der Waals surface area contributed by atoms with Crippen LogP contribution in [0.5, 0.6) is 0 Å². The summed E-state index contributed by atoms with van der Waals surface area (Å²) in [5.41, 5.74) is 0.797. The van der Waals surface area contributed by atoms with Crippen LogP contribution in [0.25, 0.3) is 0 Å². The number of aliphatic hydroxyl groups is 1. The number of urea groups is 1. The average Bonchev–Trinajstić information content (AvgIpc) is 3.21. The molecule has 1 aromatic carbocycles. The Kier molecular flexibility index (Phi) is 7.60. The molecule has 0 saturated heterocycles. The number of hydrogen-bond acceptors (Lipinski definition) is 4. The number of ether oxygens (including phenoxy) is 1. The zero-order valence-electron chi connectivity index (χ0n) is 16.3. The van der Waals surface area contributed by atoms with Crippen LogP contribution >= 0.6 is 0 Å². The Bertz CT molecular complexity index is 719. The van der Waals surface area contributed by atoms with Crippen LogP contribution in [0.2, 0.25) is 0 Å². The van der Waals surface area contributed by atoms with Crippen molar-refractivity contribution < 1.29 is 23.8 Å². The van der Waals surface area contributed by atoms with E-state index in [0.29, 0.717) is 6.54 Å². The third-order valence-electron chi connectivity index (χ3n) is 5.24. The van der Waals surface area contributed by atoms with Gasteiger partial charge in [-0.25, -0.2) is 9.18 Å². The number of amides is 3. The van der Waals surface area contributed by atoms with Gasteiger partial charge in [0, 0.05) is 12.6 Å². The van der Waals surface area contributed by atoms with Crippen molar-refractivity contribution in [1.29, 1.82) is 0 Å². The van der Waals surface area contributed by atoms with E-state index in [4.69, 9.17) is 4.74 Å². The number of nitrogens with one attached hydrogen (secondary N) is 3. The van der Waals surface area contributed by atoms with Crippen LogP contribution in [0.3, 0.4) is 0 Å². The highest BCUT2D eigenvalue weighted by atomic mass is 19.1. The van der Waals surface area contributed by atoms with Gasteiger partial charge >= 0.3 is 6.03 Å². The first-order valence-electron chi connectivity index (χ1n) is 10.1. The highest BCUT2D eigenvalue weighted by molar-refractivity contribution is 5.77. The van der Waals surface area contributed by atoms with Gasteiger partial charge in [-0.05, 0) is 30.5 Å². The maximum atomic E-state index is 12.9. The summed E-state index contributed by atoms with van der Waals surface area (Å²) < 4.78 is 18.7. The van der Waals surface area contributed by atoms with Gasteiger partial charge in [-0.15, -0.1) is 0 Å². The molecule has 1 aliphatic carbocycles. The fourth-order valence-electron chi connectivity index (χ4n) is 3.64. The van der Waals surface area contributed by atoms with E-state index in [1.165, 1.54) is 12.1 Å². The largest absolute Gasteiger partial charge is 0.394 e. The Balaban J connectivity index is 1.45. The number of carbonyl (C=O) groups excluding carboxylic acids is 2. The molecule has 0 aromatic heterocycles. The maximum Gasteiger partial charge on any atom is 0.315 e. The van der Waals surface area contributed by atoms with Crippen molar-refractivity contribution in [3.63, 3.8) is 0 Å². The van der Waals surface area contributed by atoms with Gasteiger partial charge in [0.1, 0.15) is 11.9 Å². The van der Waals surface area contributed by atoms with E-state index in [9.17, 15) is 19.1 Å². The molecule has 29 heavy (non-hydrogen) atoms. The minimum atomic E-state index is -0.621. The zero-order valence-corrected chi connectivity index (χ0v) is 16.3. The van der Waals surface area contributed by atoms with E-state index in [1.807, 2.05) is 0 Å². The van der Waals surface area contributed by atoms with Crippen LogP contribution in [0.15, 0.2) is 36.4 Å². The predicted octanol–water partition coefficient (Wildman–Crippen LogP) is 1.76. The van der Waals surface area contributed by atoms with Crippen molar-refractivity contribution in [2.75, 3.05) is 6.61 Å². The summed E-state index contributed by atoms with van der Waals surface area (Å²) in [7, 11) is 0. The number of rotatable bonds is 7. The second-order valence-corrected chi connectivity index (χ2v) is 7.51. The maximum absolute atomic E-state index is 12.9. The molecule has 3 amide bonds. The molecular formula is C21H28FN3O4. The second-order valence-electron chi connectivity index (χ2n) is 7.51. The van der Waals surface area contributed by atoms with Gasteiger partial charge in [0.05, 0.1) is 25.2 Å². The van der Waals surface area contributed by atoms with E-state index in [2.05, 4.69) is 16.0 Å². The molecule has 7 nitrogen and oxygen atoms in total. The first-order valence-corrected chi connectivity index (χ1v) is 10.1. The summed E-state index contributed by atoms with van der Waals surface area (Å²) in [4.78, 5) is 24.3. The van der Waals surface area contributed by atoms with E-state index in [-0.39, 0.29) is 36.8 Å². The highest BCUT2D eigenvalue weighted by Crippen LogP contribution is 2.18. The third-order valence-corrected chi connectivity index (χ3v) is 5.24. The summed E-state index contributed by atoms with van der Waals surface area (Å²) in [6.45, 7) is 0.0247. The second kappa shape index (κ2) is 10.4. The molecule has 8 heteroatoms. The SMILES string of the molecule is O=C(C[C@@H]1C=C[C@@H](NC(=O)NC2CCCC2)[C@H](CO)O1)NCc1ccc(F)cc1. The first-order chi connectivity index (χ1) is 14.0. The number of carbonyl (C=O) groups is 2. The van der Waals surface area contributed by atoms with E-state index >= 15 is 0 Å².